The van der Waals surface area contributed by atoms with E-state index in [1.54, 1.807) is 9.47 Å². The molecule has 0 aliphatic carbocycles. The molecule has 2 aliphatic rings. The van der Waals surface area contributed by atoms with Crippen molar-refractivity contribution in [2.45, 2.75) is 25.6 Å². The Morgan fingerprint density at radius 2 is 2.03 bits per heavy atom. The molecule has 2 atom stereocenters. The number of rotatable bonds is 5. The first-order chi connectivity index (χ1) is 17.7. The van der Waals surface area contributed by atoms with E-state index in [0.717, 1.165) is 10.9 Å². The molecule has 37 heavy (non-hydrogen) atoms. The van der Waals surface area contributed by atoms with Crippen LogP contribution in [0.5, 0.6) is 5.75 Å². The standard InChI is InChI=1S/C26H29BrClN5O4/c1-16-12-31(26(35)37-14-17-7-5-4-6-8-17)9-10-32(16)24-19-11-20(28)21(27)23-22(19)33(25(34)29-24)18(15-36-23)13-30(2)3/h4-8,11,16,18H,9-10,12-15H2,1-3H3/t16-,18-/m0/s1. The van der Waals surface area contributed by atoms with Gasteiger partial charge in [-0.05, 0) is 48.6 Å². The zero-order valence-corrected chi connectivity index (χ0v) is 23.3. The summed E-state index contributed by atoms with van der Waals surface area (Å²) in [5.41, 5.74) is 1.29. The van der Waals surface area contributed by atoms with Gasteiger partial charge in [-0.2, -0.15) is 4.98 Å². The number of carbonyl (C=O) groups excluding carboxylic acids is 1. The Labute approximate surface area is 228 Å². The lowest BCUT2D eigenvalue weighted by atomic mass is 10.1. The highest BCUT2D eigenvalue weighted by Crippen LogP contribution is 2.44. The summed E-state index contributed by atoms with van der Waals surface area (Å²) in [6, 6.07) is 11.2. The summed E-state index contributed by atoms with van der Waals surface area (Å²) in [4.78, 5) is 36.5. The van der Waals surface area contributed by atoms with Crippen LogP contribution in [0.1, 0.15) is 18.5 Å². The van der Waals surface area contributed by atoms with Crippen molar-refractivity contribution in [3.63, 3.8) is 0 Å². The Morgan fingerprint density at radius 3 is 2.73 bits per heavy atom. The first-order valence-electron chi connectivity index (χ1n) is 12.2. The number of hydrogen-bond donors (Lipinski definition) is 0. The van der Waals surface area contributed by atoms with Gasteiger partial charge >= 0.3 is 11.8 Å². The maximum atomic E-state index is 13.4. The molecule has 0 N–H and O–H groups in total. The molecule has 0 saturated carbocycles. The average Bonchev–Trinajstić information content (AvgIpc) is 2.88. The number of amides is 1. The quantitative estimate of drug-likeness (QED) is 0.442. The molecule has 196 valence electrons. The highest BCUT2D eigenvalue weighted by atomic mass is 79.9. The van der Waals surface area contributed by atoms with Crippen LogP contribution in [0.3, 0.4) is 0 Å². The van der Waals surface area contributed by atoms with Gasteiger partial charge in [0.05, 0.1) is 15.5 Å². The van der Waals surface area contributed by atoms with E-state index in [4.69, 9.17) is 21.1 Å². The van der Waals surface area contributed by atoms with Gasteiger partial charge in [-0.15, -0.1) is 0 Å². The first kappa shape index (κ1) is 25.8. The monoisotopic (exact) mass is 589 g/mol. The average molecular weight is 591 g/mol. The lowest BCUT2D eigenvalue weighted by Gasteiger charge is -2.41. The van der Waals surface area contributed by atoms with Crippen LogP contribution in [0.15, 0.2) is 45.7 Å². The topological polar surface area (TPSA) is 80.1 Å². The molecule has 0 unspecified atom stereocenters. The molecule has 2 aliphatic heterocycles. The summed E-state index contributed by atoms with van der Waals surface area (Å²) in [6.45, 7) is 4.60. The first-order valence-corrected chi connectivity index (χ1v) is 13.4. The third kappa shape index (κ3) is 5.02. The Morgan fingerprint density at radius 1 is 1.27 bits per heavy atom. The number of ether oxygens (including phenoxy) is 2. The molecule has 9 nitrogen and oxygen atoms in total. The van der Waals surface area contributed by atoms with Gasteiger partial charge < -0.3 is 24.2 Å². The fourth-order valence-electron chi connectivity index (χ4n) is 5.05. The number of hydrogen-bond acceptors (Lipinski definition) is 7. The van der Waals surface area contributed by atoms with Crippen molar-refractivity contribution in [1.29, 1.82) is 0 Å². The molecule has 1 amide bonds. The van der Waals surface area contributed by atoms with Crippen LogP contribution in [-0.4, -0.2) is 78.4 Å². The van der Waals surface area contributed by atoms with E-state index in [9.17, 15) is 9.59 Å². The van der Waals surface area contributed by atoms with E-state index in [1.165, 1.54) is 0 Å². The smallest absolute Gasteiger partial charge is 0.410 e. The number of piperazine rings is 1. The molecule has 0 radical (unpaired) electrons. The molecule has 1 aromatic heterocycles. The lowest BCUT2D eigenvalue weighted by molar-refractivity contribution is 0.0898. The Balaban J connectivity index is 1.44. The van der Waals surface area contributed by atoms with Crippen molar-refractivity contribution in [3.8, 4) is 5.75 Å². The van der Waals surface area contributed by atoms with Crippen LogP contribution >= 0.6 is 27.5 Å². The van der Waals surface area contributed by atoms with Crippen LogP contribution in [-0.2, 0) is 11.3 Å². The van der Waals surface area contributed by atoms with E-state index in [1.807, 2.05) is 62.3 Å². The van der Waals surface area contributed by atoms with Gasteiger partial charge in [-0.25, -0.2) is 9.59 Å². The minimum absolute atomic E-state index is 0.101. The Kier molecular flexibility index (Phi) is 7.33. The minimum atomic E-state index is -0.354. The summed E-state index contributed by atoms with van der Waals surface area (Å²) < 4.78 is 14.0. The third-order valence-corrected chi connectivity index (χ3v) is 8.08. The molecule has 3 aromatic rings. The van der Waals surface area contributed by atoms with E-state index in [-0.39, 0.29) is 30.5 Å². The van der Waals surface area contributed by atoms with Gasteiger partial charge in [0, 0.05) is 37.6 Å². The summed E-state index contributed by atoms with van der Waals surface area (Å²) in [5.74, 6) is 1.10. The molecule has 3 heterocycles. The number of benzene rings is 2. The second-order valence-electron chi connectivity index (χ2n) is 9.74. The maximum Gasteiger partial charge on any atom is 0.410 e. The maximum absolute atomic E-state index is 13.4. The van der Waals surface area contributed by atoms with Gasteiger partial charge in [0.15, 0.2) is 5.75 Å². The van der Waals surface area contributed by atoms with Crippen molar-refractivity contribution >= 4 is 50.3 Å². The number of aromatic nitrogens is 2. The molecular weight excluding hydrogens is 562 g/mol. The zero-order chi connectivity index (χ0) is 26.3. The predicted molar refractivity (Wildman–Crippen MR) is 147 cm³/mol. The Bertz CT molecular complexity index is 1380. The molecule has 0 spiro atoms. The lowest BCUT2D eigenvalue weighted by Crippen LogP contribution is -2.54. The highest BCUT2D eigenvalue weighted by Gasteiger charge is 2.34. The largest absolute Gasteiger partial charge is 0.488 e. The van der Waals surface area contributed by atoms with Gasteiger partial charge in [0.25, 0.3) is 0 Å². The SMILES string of the molecule is C[C@H]1CN(C(=O)OCc2ccccc2)CCN1c1nc(=O)n2c3c(c(Br)c(Cl)cc13)OC[C@@H]2CN(C)C. The number of carbonyl (C=O) groups is 1. The number of likely N-dealkylation sites (N-methyl/N-ethyl adjacent to an activating group) is 1. The summed E-state index contributed by atoms with van der Waals surface area (Å²) in [5, 5.41) is 1.23. The number of nitrogens with zero attached hydrogens (tertiary/aromatic N) is 5. The van der Waals surface area contributed by atoms with Gasteiger partial charge in [-0.3, -0.25) is 4.57 Å². The molecule has 11 heteroatoms. The zero-order valence-electron chi connectivity index (χ0n) is 21.0. The Hall–Kier alpha value is -2.82. The fourth-order valence-corrected chi connectivity index (χ4v) is 5.66. The van der Waals surface area contributed by atoms with E-state index >= 15 is 0 Å². The van der Waals surface area contributed by atoms with Gasteiger partial charge in [-0.1, -0.05) is 41.9 Å². The summed E-state index contributed by atoms with van der Waals surface area (Å²) in [6.07, 6.45) is -0.354. The molecule has 1 fully saturated rings. The van der Waals surface area contributed by atoms with Crippen molar-refractivity contribution in [1.82, 2.24) is 19.4 Å². The third-order valence-electron chi connectivity index (χ3n) is 6.76. The second-order valence-corrected chi connectivity index (χ2v) is 10.9. The summed E-state index contributed by atoms with van der Waals surface area (Å²) in [7, 11) is 3.92. The summed E-state index contributed by atoms with van der Waals surface area (Å²) >= 11 is 10.1. The number of halogens is 2. The van der Waals surface area contributed by atoms with E-state index in [2.05, 4.69) is 25.8 Å². The van der Waals surface area contributed by atoms with Crippen LogP contribution in [0.25, 0.3) is 10.9 Å². The van der Waals surface area contributed by atoms with Gasteiger partial charge in [0.2, 0.25) is 0 Å². The van der Waals surface area contributed by atoms with Crippen molar-refractivity contribution in [3.05, 3.63) is 61.9 Å². The second kappa shape index (κ2) is 10.5. The number of anilines is 1. The predicted octanol–water partition coefficient (Wildman–Crippen LogP) is 4.15. The van der Waals surface area contributed by atoms with Crippen molar-refractivity contribution in [2.75, 3.05) is 51.8 Å². The van der Waals surface area contributed by atoms with Crippen LogP contribution in [0.2, 0.25) is 5.02 Å². The minimum Gasteiger partial charge on any atom is -0.488 e. The van der Waals surface area contributed by atoms with Crippen LogP contribution < -0.4 is 15.3 Å². The van der Waals surface area contributed by atoms with Crippen molar-refractivity contribution in [2.24, 2.45) is 0 Å². The van der Waals surface area contributed by atoms with Crippen LogP contribution in [0, 0.1) is 0 Å². The molecule has 1 saturated heterocycles. The molecular formula is C26H29BrClN5O4. The molecule has 2 aromatic carbocycles. The van der Waals surface area contributed by atoms with E-state index in [0.29, 0.717) is 59.4 Å². The normalized spacial score (nSPS) is 19.3. The molecule has 0 bridgehead atoms. The van der Waals surface area contributed by atoms with Crippen molar-refractivity contribution < 1.29 is 14.3 Å². The highest BCUT2D eigenvalue weighted by molar-refractivity contribution is 9.10. The fraction of sp³-hybridized carbons (Fsp3) is 0.423. The van der Waals surface area contributed by atoms with Gasteiger partial charge in [0.1, 0.15) is 24.5 Å². The van der Waals surface area contributed by atoms with Crippen LogP contribution in [0.4, 0.5) is 10.6 Å². The van der Waals surface area contributed by atoms with E-state index < -0.39 is 0 Å². The molecule has 5 rings (SSSR count).